The molecule has 0 radical (unpaired) electrons. The Labute approximate surface area is 123 Å². The van der Waals surface area contributed by atoms with Gasteiger partial charge in [0, 0.05) is 25.2 Å². The number of ether oxygens (including phenoxy) is 1. The molecule has 1 aromatic carbocycles. The van der Waals surface area contributed by atoms with Gasteiger partial charge in [0.05, 0.1) is 13.2 Å². The van der Waals surface area contributed by atoms with Crippen LogP contribution in [0.25, 0.3) is 0 Å². The number of morpholine rings is 1. The topological polar surface area (TPSA) is 24.5 Å². The van der Waals surface area contributed by atoms with E-state index in [1.807, 2.05) is 0 Å². The molecule has 0 aliphatic carbocycles. The summed E-state index contributed by atoms with van der Waals surface area (Å²) >= 11 is 0. The van der Waals surface area contributed by atoms with Gasteiger partial charge in [0.25, 0.3) is 0 Å². The van der Waals surface area contributed by atoms with Gasteiger partial charge in [-0.3, -0.25) is 4.90 Å². The van der Waals surface area contributed by atoms with Crippen molar-refractivity contribution < 1.29 is 4.74 Å². The molecule has 1 unspecified atom stereocenters. The predicted octanol–water partition coefficient (Wildman–Crippen LogP) is 2.45. The molecule has 0 bridgehead atoms. The molecule has 0 spiro atoms. The zero-order chi connectivity index (χ0) is 14.4. The van der Waals surface area contributed by atoms with Crippen molar-refractivity contribution in [3.63, 3.8) is 0 Å². The van der Waals surface area contributed by atoms with Crippen LogP contribution in [0.4, 0.5) is 0 Å². The molecular formula is C17H28N2O. The minimum Gasteiger partial charge on any atom is -0.379 e. The lowest BCUT2D eigenvalue weighted by atomic mass is 10.1. The van der Waals surface area contributed by atoms with E-state index >= 15 is 0 Å². The average molecular weight is 276 g/mol. The standard InChI is InChI=1S/C17H28N2O/c1-14(2)18-9-8-16-4-6-17(7-5-16)12-19-10-11-20-13-15(19)3/h4-7,14-15,18H,8-13H2,1-3H3. The van der Waals surface area contributed by atoms with Crippen LogP contribution in [0.15, 0.2) is 24.3 Å². The van der Waals surface area contributed by atoms with E-state index in [2.05, 4.69) is 55.3 Å². The van der Waals surface area contributed by atoms with Gasteiger partial charge < -0.3 is 10.1 Å². The summed E-state index contributed by atoms with van der Waals surface area (Å²) in [6.07, 6.45) is 1.10. The molecule has 1 aliphatic heterocycles. The van der Waals surface area contributed by atoms with Crippen molar-refractivity contribution in [3.8, 4) is 0 Å². The molecule has 112 valence electrons. The van der Waals surface area contributed by atoms with Crippen molar-refractivity contribution in [2.75, 3.05) is 26.3 Å². The third-order valence-corrected chi connectivity index (χ3v) is 3.88. The van der Waals surface area contributed by atoms with Crippen LogP contribution in [0, 0.1) is 0 Å². The fourth-order valence-electron chi connectivity index (χ4n) is 2.55. The third kappa shape index (κ3) is 4.89. The quantitative estimate of drug-likeness (QED) is 0.864. The van der Waals surface area contributed by atoms with E-state index in [1.165, 1.54) is 11.1 Å². The van der Waals surface area contributed by atoms with E-state index in [0.717, 1.165) is 39.3 Å². The Morgan fingerprint density at radius 3 is 2.60 bits per heavy atom. The molecule has 0 saturated carbocycles. The van der Waals surface area contributed by atoms with Gasteiger partial charge in [-0.25, -0.2) is 0 Å². The Hall–Kier alpha value is -0.900. The molecule has 1 aromatic rings. The molecule has 3 heteroatoms. The first-order valence-corrected chi connectivity index (χ1v) is 7.78. The summed E-state index contributed by atoms with van der Waals surface area (Å²) in [5.74, 6) is 0. The minimum atomic E-state index is 0.527. The highest BCUT2D eigenvalue weighted by Crippen LogP contribution is 2.13. The molecule has 1 atom stereocenters. The second kappa shape index (κ2) is 7.77. The Bertz CT molecular complexity index is 388. The Kier molecular flexibility index (Phi) is 6.02. The second-order valence-corrected chi connectivity index (χ2v) is 6.07. The van der Waals surface area contributed by atoms with Gasteiger partial charge in [-0.2, -0.15) is 0 Å². The Balaban J connectivity index is 1.81. The van der Waals surface area contributed by atoms with E-state index in [1.54, 1.807) is 0 Å². The maximum Gasteiger partial charge on any atom is 0.0619 e. The van der Waals surface area contributed by atoms with Crippen LogP contribution in [0.1, 0.15) is 31.9 Å². The summed E-state index contributed by atoms with van der Waals surface area (Å²) in [5.41, 5.74) is 2.82. The van der Waals surface area contributed by atoms with Gasteiger partial charge in [0.2, 0.25) is 0 Å². The van der Waals surface area contributed by atoms with Gasteiger partial charge in [0.1, 0.15) is 0 Å². The van der Waals surface area contributed by atoms with Crippen molar-refractivity contribution >= 4 is 0 Å². The summed E-state index contributed by atoms with van der Waals surface area (Å²) < 4.78 is 5.48. The first-order chi connectivity index (χ1) is 9.65. The highest BCUT2D eigenvalue weighted by molar-refractivity contribution is 5.23. The summed E-state index contributed by atoms with van der Waals surface area (Å²) in [4.78, 5) is 2.50. The Morgan fingerprint density at radius 1 is 1.25 bits per heavy atom. The summed E-state index contributed by atoms with van der Waals surface area (Å²) in [5, 5.41) is 3.46. The number of benzene rings is 1. The molecule has 3 nitrogen and oxygen atoms in total. The molecule has 1 saturated heterocycles. The molecule has 1 N–H and O–H groups in total. The van der Waals surface area contributed by atoms with Crippen molar-refractivity contribution in [2.45, 2.75) is 45.8 Å². The monoisotopic (exact) mass is 276 g/mol. The fourth-order valence-corrected chi connectivity index (χ4v) is 2.55. The molecule has 20 heavy (non-hydrogen) atoms. The molecule has 0 amide bonds. The molecule has 1 heterocycles. The van der Waals surface area contributed by atoms with Gasteiger partial charge in [0.15, 0.2) is 0 Å². The van der Waals surface area contributed by atoms with Crippen LogP contribution in [0.2, 0.25) is 0 Å². The van der Waals surface area contributed by atoms with Crippen molar-refractivity contribution in [3.05, 3.63) is 35.4 Å². The fraction of sp³-hybridized carbons (Fsp3) is 0.647. The highest BCUT2D eigenvalue weighted by Gasteiger charge is 2.18. The maximum atomic E-state index is 5.48. The lowest BCUT2D eigenvalue weighted by Gasteiger charge is -2.33. The van der Waals surface area contributed by atoms with Crippen LogP contribution < -0.4 is 5.32 Å². The van der Waals surface area contributed by atoms with Gasteiger partial charge in [-0.05, 0) is 31.0 Å². The highest BCUT2D eigenvalue weighted by atomic mass is 16.5. The Morgan fingerprint density at radius 2 is 1.95 bits per heavy atom. The van der Waals surface area contributed by atoms with Crippen LogP contribution in [0.3, 0.4) is 0 Å². The van der Waals surface area contributed by atoms with E-state index in [-0.39, 0.29) is 0 Å². The maximum absolute atomic E-state index is 5.48. The SMILES string of the molecule is CC(C)NCCc1ccc(CN2CCOCC2C)cc1. The predicted molar refractivity (Wildman–Crippen MR) is 84.0 cm³/mol. The normalized spacial score (nSPS) is 20.5. The van der Waals surface area contributed by atoms with Crippen LogP contribution in [-0.2, 0) is 17.7 Å². The van der Waals surface area contributed by atoms with Gasteiger partial charge in [-0.1, -0.05) is 38.1 Å². The van der Waals surface area contributed by atoms with E-state index in [4.69, 9.17) is 4.74 Å². The number of nitrogens with zero attached hydrogens (tertiary/aromatic N) is 1. The van der Waals surface area contributed by atoms with Crippen LogP contribution in [-0.4, -0.2) is 43.3 Å². The lowest BCUT2D eigenvalue weighted by molar-refractivity contribution is -0.00437. The minimum absolute atomic E-state index is 0.527. The second-order valence-electron chi connectivity index (χ2n) is 6.07. The largest absolute Gasteiger partial charge is 0.379 e. The number of nitrogens with one attached hydrogen (secondary N) is 1. The molecule has 0 aromatic heterocycles. The first-order valence-electron chi connectivity index (χ1n) is 7.78. The first kappa shape index (κ1) is 15.5. The molecule has 1 fully saturated rings. The number of hydrogen-bond acceptors (Lipinski definition) is 3. The van der Waals surface area contributed by atoms with Crippen LogP contribution >= 0.6 is 0 Å². The molecule has 1 aliphatic rings. The average Bonchev–Trinajstić information content (AvgIpc) is 2.43. The summed E-state index contributed by atoms with van der Waals surface area (Å²) in [6.45, 7) is 11.5. The summed E-state index contributed by atoms with van der Waals surface area (Å²) in [7, 11) is 0. The smallest absolute Gasteiger partial charge is 0.0619 e. The molecule has 2 rings (SSSR count). The zero-order valence-corrected chi connectivity index (χ0v) is 13.1. The van der Waals surface area contributed by atoms with Gasteiger partial charge >= 0.3 is 0 Å². The lowest BCUT2D eigenvalue weighted by Crippen LogP contribution is -2.42. The summed E-state index contributed by atoms with van der Waals surface area (Å²) in [6, 6.07) is 10.2. The zero-order valence-electron chi connectivity index (χ0n) is 13.1. The van der Waals surface area contributed by atoms with E-state index in [0.29, 0.717) is 12.1 Å². The third-order valence-electron chi connectivity index (χ3n) is 3.88. The number of hydrogen-bond donors (Lipinski definition) is 1. The molecular weight excluding hydrogens is 248 g/mol. The van der Waals surface area contributed by atoms with Crippen LogP contribution in [0.5, 0.6) is 0 Å². The van der Waals surface area contributed by atoms with E-state index < -0.39 is 0 Å². The van der Waals surface area contributed by atoms with Crippen molar-refractivity contribution in [1.82, 2.24) is 10.2 Å². The number of rotatable bonds is 6. The van der Waals surface area contributed by atoms with Crippen molar-refractivity contribution in [2.24, 2.45) is 0 Å². The van der Waals surface area contributed by atoms with Crippen molar-refractivity contribution in [1.29, 1.82) is 0 Å². The van der Waals surface area contributed by atoms with Gasteiger partial charge in [-0.15, -0.1) is 0 Å². The van der Waals surface area contributed by atoms with E-state index in [9.17, 15) is 0 Å².